The molecule has 0 amide bonds. The van der Waals surface area contributed by atoms with E-state index in [0.717, 1.165) is 5.56 Å². The van der Waals surface area contributed by atoms with Gasteiger partial charge in [-0.15, -0.1) is 0 Å². The van der Waals surface area contributed by atoms with Crippen LogP contribution >= 0.6 is 0 Å². The first-order valence-corrected chi connectivity index (χ1v) is 10.1. The van der Waals surface area contributed by atoms with Gasteiger partial charge in [0.1, 0.15) is 0 Å². The van der Waals surface area contributed by atoms with Crippen molar-refractivity contribution in [3.63, 3.8) is 0 Å². The van der Waals surface area contributed by atoms with Crippen molar-refractivity contribution in [1.29, 1.82) is 0 Å². The second-order valence-corrected chi connectivity index (χ2v) is 9.17. The molecule has 2 N–H and O–H groups in total. The third-order valence-electron chi connectivity index (χ3n) is 3.95. The van der Waals surface area contributed by atoms with Gasteiger partial charge < -0.3 is 5.32 Å². The van der Waals surface area contributed by atoms with Crippen molar-refractivity contribution >= 4 is 16.2 Å². The molecule has 0 aliphatic rings. The maximum Gasteiger partial charge on any atom is 0.264 e. The molecule has 4 nitrogen and oxygen atoms in total. The van der Waals surface area contributed by atoms with Crippen molar-refractivity contribution in [1.82, 2.24) is 5.32 Å². The van der Waals surface area contributed by atoms with Gasteiger partial charge in [-0.05, 0) is 35.4 Å². The lowest BCUT2D eigenvalue weighted by Gasteiger charge is -2.20. The molecule has 0 aliphatic carbocycles. The highest BCUT2D eigenvalue weighted by Gasteiger charge is 2.13. The quantitative estimate of drug-likeness (QED) is 0.550. The largest absolute Gasteiger partial charge is 0.310 e. The van der Waals surface area contributed by atoms with E-state index in [1.54, 1.807) is 0 Å². The zero-order valence-electron chi connectivity index (χ0n) is 15.4. The van der Waals surface area contributed by atoms with Gasteiger partial charge >= 0.3 is 0 Å². The van der Waals surface area contributed by atoms with E-state index >= 15 is 0 Å². The van der Waals surface area contributed by atoms with E-state index in [1.807, 2.05) is 0 Å². The second-order valence-electron chi connectivity index (χ2n) is 7.59. The minimum atomic E-state index is -3.87. The van der Waals surface area contributed by atoms with Crippen LogP contribution in [-0.4, -0.2) is 31.3 Å². The van der Waals surface area contributed by atoms with Crippen molar-refractivity contribution in [2.75, 3.05) is 12.3 Å². The third-order valence-corrected chi connectivity index (χ3v) is 4.75. The maximum absolute atomic E-state index is 10.7. The Hall–Kier alpha value is -1.17. The molecule has 1 rings (SSSR count). The third kappa shape index (κ3) is 8.08. The first kappa shape index (κ1) is 20.9. The van der Waals surface area contributed by atoms with Gasteiger partial charge in [-0.1, -0.05) is 71.0 Å². The summed E-state index contributed by atoms with van der Waals surface area (Å²) in [7, 11) is -3.87. The van der Waals surface area contributed by atoms with Crippen LogP contribution in [-0.2, 0) is 15.5 Å². The highest BCUT2D eigenvalue weighted by Crippen LogP contribution is 2.22. The van der Waals surface area contributed by atoms with E-state index in [4.69, 9.17) is 4.55 Å². The van der Waals surface area contributed by atoms with E-state index in [0.29, 0.717) is 18.9 Å². The molecule has 136 valence electrons. The Morgan fingerprint density at radius 2 is 1.75 bits per heavy atom. The number of rotatable bonds is 8. The predicted octanol–water partition coefficient (Wildman–Crippen LogP) is 3.89. The van der Waals surface area contributed by atoms with Gasteiger partial charge in [0.05, 0.1) is 5.75 Å². The van der Waals surface area contributed by atoms with Crippen LogP contribution in [0.3, 0.4) is 0 Å². The van der Waals surface area contributed by atoms with Gasteiger partial charge in [-0.3, -0.25) is 4.55 Å². The van der Waals surface area contributed by atoms with Gasteiger partial charge in [0.15, 0.2) is 0 Å². The Labute approximate surface area is 147 Å². The number of benzene rings is 1. The SMILES string of the molecule is CC(C)[C@H](/C=C/c1ccc(C(C)(C)C)cc1)NCCCS(=O)(=O)O. The fourth-order valence-electron chi connectivity index (χ4n) is 2.36. The number of hydrogen-bond acceptors (Lipinski definition) is 3. The molecule has 0 spiro atoms. The molecule has 0 aliphatic heterocycles. The van der Waals surface area contributed by atoms with Crippen LogP contribution in [0.25, 0.3) is 6.08 Å². The van der Waals surface area contributed by atoms with Gasteiger partial charge in [0.2, 0.25) is 0 Å². The lowest BCUT2D eigenvalue weighted by atomic mass is 9.86. The Kier molecular flexibility index (Phi) is 7.64. The van der Waals surface area contributed by atoms with E-state index in [1.165, 1.54) is 5.56 Å². The van der Waals surface area contributed by atoms with Crippen LogP contribution in [0.1, 0.15) is 52.2 Å². The zero-order chi connectivity index (χ0) is 18.4. The Balaban J connectivity index is 2.62. The second kappa shape index (κ2) is 8.79. The highest BCUT2D eigenvalue weighted by molar-refractivity contribution is 7.85. The van der Waals surface area contributed by atoms with E-state index < -0.39 is 10.1 Å². The van der Waals surface area contributed by atoms with Crippen molar-refractivity contribution in [3.8, 4) is 0 Å². The molecule has 0 unspecified atom stereocenters. The van der Waals surface area contributed by atoms with Gasteiger partial charge in [0.25, 0.3) is 10.1 Å². The number of hydrogen-bond donors (Lipinski definition) is 2. The summed E-state index contributed by atoms with van der Waals surface area (Å²) in [5.41, 5.74) is 2.61. The summed E-state index contributed by atoms with van der Waals surface area (Å²) in [6, 6.07) is 8.71. The summed E-state index contributed by atoms with van der Waals surface area (Å²) in [6.45, 7) is 11.4. The van der Waals surface area contributed by atoms with Crippen LogP contribution in [0.15, 0.2) is 30.3 Å². The van der Waals surface area contributed by atoms with E-state index in [2.05, 4.69) is 76.4 Å². The number of nitrogens with one attached hydrogen (secondary N) is 1. The summed E-state index contributed by atoms with van der Waals surface area (Å²) < 4.78 is 30.2. The van der Waals surface area contributed by atoms with Gasteiger partial charge in [0, 0.05) is 6.04 Å². The summed E-state index contributed by atoms with van der Waals surface area (Å²) in [5.74, 6) is 0.184. The molecule has 0 fully saturated rings. The fourth-order valence-corrected chi connectivity index (χ4v) is 2.87. The normalized spacial score (nSPS) is 14.5. The van der Waals surface area contributed by atoms with Gasteiger partial charge in [-0.2, -0.15) is 8.42 Å². The first-order chi connectivity index (χ1) is 11.0. The van der Waals surface area contributed by atoms with Crippen LogP contribution in [0.5, 0.6) is 0 Å². The molecule has 0 heterocycles. The smallest absolute Gasteiger partial charge is 0.264 e. The highest BCUT2D eigenvalue weighted by atomic mass is 32.2. The molecule has 5 heteroatoms. The van der Waals surface area contributed by atoms with Crippen LogP contribution in [0, 0.1) is 5.92 Å². The van der Waals surface area contributed by atoms with Crippen molar-refractivity contribution in [2.45, 2.75) is 52.5 Å². The fraction of sp³-hybridized carbons (Fsp3) is 0.579. The molecular weight excluding hydrogens is 322 g/mol. The molecule has 24 heavy (non-hydrogen) atoms. The summed E-state index contributed by atoms with van der Waals surface area (Å²) in [4.78, 5) is 0. The zero-order valence-corrected chi connectivity index (χ0v) is 16.2. The molecule has 0 bridgehead atoms. The van der Waals surface area contributed by atoms with Crippen LogP contribution in [0.2, 0.25) is 0 Å². The molecule has 1 atom stereocenters. The Bertz CT molecular complexity index is 626. The lowest BCUT2D eigenvalue weighted by molar-refractivity contribution is 0.456. The summed E-state index contributed by atoms with van der Waals surface area (Å²) >= 11 is 0. The maximum atomic E-state index is 10.7. The average molecular weight is 354 g/mol. The Morgan fingerprint density at radius 3 is 2.21 bits per heavy atom. The minimum Gasteiger partial charge on any atom is -0.310 e. The van der Waals surface area contributed by atoms with Crippen molar-refractivity contribution in [2.24, 2.45) is 5.92 Å². The Morgan fingerprint density at radius 1 is 1.17 bits per heavy atom. The van der Waals surface area contributed by atoms with Crippen LogP contribution < -0.4 is 5.32 Å². The molecule has 0 saturated carbocycles. The first-order valence-electron chi connectivity index (χ1n) is 8.46. The summed E-state index contributed by atoms with van der Waals surface area (Å²) in [6.07, 6.45) is 4.60. The van der Waals surface area contributed by atoms with Gasteiger partial charge in [-0.25, -0.2) is 0 Å². The molecular formula is C19H31NO3S. The lowest BCUT2D eigenvalue weighted by Crippen LogP contribution is -2.33. The van der Waals surface area contributed by atoms with E-state index in [9.17, 15) is 8.42 Å². The molecule has 1 aromatic rings. The van der Waals surface area contributed by atoms with Crippen LogP contribution in [0.4, 0.5) is 0 Å². The van der Waals surface area contributed by atoms with Crippen molar-refractivity contribution in [3.05, 3.63) is 41.5 Å². The van der Waals surface area contributed by atoms with Crippen molar-refractivity contribution < 1.29 is 13.0 Å². The van der Waals surface area contributed by atoms with E-state index in [-0.39, 0.29) is 17.2 Å². The molecule has 0 aromatic heterocycles. The molecule has 0 saturated heterocycles. The average Bonchev–Trinajstić information content (AvgIpc) is 2.44. The standard InChI is InChI=1S/C19H31NO3S/c1-15(2)18(20-13-6-14-24(21,22)23)12-9-16-7-10-17(11-8-16)19(3,4)5/h7-12,15,18,20H,6,13-14H2,1-5H3,(H,21,22,23)/b12-9+/t18-/m0/s1. The topological polar surface area (TPSA) is 66.4 Å². The molecule has 0 radical (unpaired) electrons. The monoisotopic (exact) mass is 353 g/mol. The summed E-state index contributed by atoms with van der Waals surface area (Å²) in [5, 5.41) is 3.34. The predicted molar refractivity (Wildman–Crippen MR) is 102 cm³/mol. The molecule has 1 aromatic carbocycles. The minimum absolute atomic E-state index is 0.150.